The molecule has 0 aliphatic carbocycles. The number of benzene rings is 1. The number of Topliss-reactive ketones (excluding diaryl/α,β-unsaturated/α-hetero) is 1. The van der Waals surface area contributed by atoms with Gasteiger partial charge in [-0.1, -0.05) is 30.3 Å². The first-order valence-electron chi connectivity index (χ1n) is 6.67. The molecule has 1 aromatic rings. The van der Waals surface area contributed by atoms with Gasteiger partial charge in [0, 0.05) is 13.1 Å². The Balaban J connectivity index is 1.95. The van der Waals surface area contributed by atoms with Gasteiger partial charge >= 0.3 is 5.97 Å². The number of hydrogen-bond acceptors (Lipinski definition) is 4. The lowest BCUT2D eigenvalue weighted by atomic mass is 10.1. The predicted octanol–water partition coefficient (Wildman–Crippen LogP) is 0.820. The van der Waals surface area contributed by atoms with E-state index < -0.39 is 23.6 Å². The molecular weight excluding hydrogens is 258 g/mol. The van der Waals surface area contributed by atoms with E-state index in [4.69, 9.17) is 4.74 Å². The van der Waals surface area contributed by atoms with Crippen LogP contribution in [0.25, 0.3) is 0 Å². The van der Waals surface area contributed by atoms with E-state index >= 15 is 0 Å². The molecule has 0 aromatic heterocycles. The number of nitrogens with zero attached hydrogens (tertiary/aromatic N) is 1. The summed E-state index contributed by atoms with van der Waals surface area (Å²) >= 11 is 0. The number of carbonyl (C=O) groups excluding carboxylic acids is 3. The van der Waals surface area contributed by atoms with Crippen LogP contribution in [-0.2, 0) is 25.5 Å². The third kappa shape index (κ3) is 3.04. The Morgan fingerprint density at radius 2 is 2.00 bits per heavy atom. The van der Waals surface area contributed by atoms with Crippen LogP contribution in [-0.4, -0.2) is 42.3 Å². The van der Waals surface area contributed by atoms with E-state index in [2.05, 4.69) is 0 Å². The Labute approximate surface area is 117 Å². The van der Waals surface area contributed by atoms with E-state index in [1.54, 1.807) is 6.92 Å². The molecular formula is C15H17NO4. The normalized spacial score (nSPS) is 18.4. The number of rotatable bonds is 5. The van der Waals surface area contributed by atoms with Crippen molar-refractivity contribution in [3.05, 3.63) is 35.9 Å². The highest BCUT2D eigenvalue weighted by molar-refractivity contribution is 6.42. The number of hydrogen-bond donors (Lipinski definition) is 0. The Morgan fingerprint density at radius 1 is 1.30 bits per heavy atom. The highest BCUT2D eigenvalue weighted by atomic mass is 16.5. The molecule has 5 nitrogen and oxygen atoms in total. The maximum atomic E-state index is 11.8. The summed E-state index contributed by atoms with van der Waals surface area (Å²) in [7, 11) is 0. The van der Waals surface area contributed by atoms with Crippen LogP contribution in [0.1, 0.15) is 12.5 Å². The van der Waals surface area contributed by atoms with Crippen LogP contribution in [0, 0.1) is 5.92 Å². The van der Waals surface area contributed by atoms with Gasteiger partial charge in [0.15, 0.2) is 0 Å². The molecule has 0 radical (unpaired) electrons. The summed E-state index contributed by atoms with van der Waals surface area (Å²) in [6, 6.07) is 9.70. The average molecular weight is 275 g/mol. The van der Waals surface area contributed by atoms with Crippen LogP contribution in [0.2, 0.25) is 0 Å². The number of ether oxygens (including phenoxy) is 1. The fraction of sp³-hybridized carbons (Fsp3) is 0.400. The second-order valence-electron chi connectivity index (χ2n) is 4.66. The van der Waals surface area contributed by atoms with Crippen molar-refractivity contribution in [3.8, 4) is 0 Å². The largest absolute Gasteiger partial charge is 0.465 e. The zero-order chi connectivity index (χ0) is 14.5. The third-order valence-corrected chi connectivity index (χ3v) is 3.30. The molecule has 1 saturated heterocycles. The molecule has 5 heteroatoms. The van der Waals surface area contributed by atoms with Gasteiger partial charge in [-0.25, -0.2) is 0 Å². The zero-order valence-electron chi connectivity index (χ0n) is 11.4. The van der Waals surface area contributed by atoms with E-state index in [9.17, 15) is 14.4 Å². The standard InChI is InChI=1S/C15H17NO4/c1-2-20-15(19)12-10-16(14(18)13(12)17)9-8-11-6-4-3-5-7-11/h3-7,12H,2,8-10H2,1H3. The number of carbonyl (C=O) groups is 3. The van der Waals surface area contributed by atoms with Gasteiger partial charge in [0.25, 0.3) is 5.91 Å². The summed E-state index contributed by atoms with van der Waals surface area (Å²) in [6.07, 6.45) is 0.662. The molecule has 0 spiro atoms. The fourth-order valence-corrected chi connectivity index (χ4v) is 2.22. The lowest BCUT2D eigenvalue weighted by Gasteiger charge is -2.15. The van der Waals surface area contributed by atoms with Gasteiger partial charge in [0.1, 0.15) is 5.92 Å². The van der Waals surface area contributed by atoms with E-state index in [0.717, 1.165) is 5.56 Å². The zero-order valence-corrected chi connectivity index (χ0v) is 11.4. The number of esters is 1. The van der Waals surface area contributed by atoms with Crippen molar-refractivity contribution in [1.29, 1.82) is 0 Å². The van der Waals surface area contributed by atoms with Crippen molar-refractivity contribution in [2.24, 2.45) is 5.92 Å². The van der Waals surface area contributed by atoms with E-state index in [1.165, 1.54) is 4.90 Å². The maximum Gasteiger partial charge on any atom is 0.318 e. The van der Waals surface area contributed by atoms with Gasteiger partial charge in [-0.05, 0) is 18.9 Å². The molecule has 0 N–H and O–H groups in total. The van der Waals surface area contributed by atoms with E-state index in [0.29, 0.717) is 13.0 Å². The monoisotopic (exact) mass is 275 g/mol. The molecule has 0 bridgehead atoms. The van der Waals surface area contributed by atoms with Gasteiger partial charge in [0.2, 0.25) is 5.78 Å². The minimum atomic E-state index is -0.960. The molecule has 1 aromatic carbocycles. The fourth-order valence-electron chi connectivity index (χ4n) is 2.22. The third-order valence-electron chi connectivity index (χ3n) is 3.30. The summed E-state index contributed by atoms with van der Waals surface area (Å²) in [5.74, 6) is -2.80. The van der Waals surface area contributed by atoms with Crippen LogP contribution >= 0.6 is 0 Å². The van der Waals surface area contributed by atoms with E-state index in [-0.39, 0.29) is 13.2 Å². The van der Waals surface area contributed by atoms with Crippen molar-refractivity contribution in [2.75, 3.05) is 19.7 Å². The summed E-state index contributed by atoms with van der Waals surface area (Å²) in [4.78, 5) is 36.6. The maximum absolute atomic E-state index is 11.8. The summed E-state index contributed by atoms with van der Waals surface area (Å²) in [5, 5.41) is 0. The first-order chi connectivity index (χ1) is 9.63. The molecule has 2 rings (SSSR count). The van der Waals surface area contributed by atoms with Crippen LogP contribution in [0.4, 0.5) is 0 Å². The highest BCUT2D eigenvalue weighted by Gasteiger charge is 2.43. The van der Waals surface area contributed by atoms with Crippen LogP contribution in [0.15, 0.2) is 30.3 Å². The molecule has 1 heterocycles. The highest BCUT2D eigenvalue weighted by Crippen LogP contribution is 2.16. The quantitative estimate of drug-likeness (QED) is 0.453. The summed E-state index contributed by atoms with van der Waals surface area (Å²) in [5.41, 5.74) is 1.09. The van der Waals surface area contributed by atoms with Crippen LogP contribution < -0.4 is 0 Å². The SMILES string of the molecule is CCOC(=O)C1CN(CCc2ccccc2)C(=O)C1=O. The van der Waals surface area contributed by atoms with Crippen molar-refractivity contribution in [2.45, 2.75) is 13.3 Å². The summed E-state index contributed by atoms with van der Waals surface area (Å²) in [6.45, 7) is 2.45. The Morgan fingerprint density at radius 3 is 2.65 bits per heavy atom. The van der Waals surface area contributed by atoms with Crippen molar-refractivity contribution in [1.82, 2.24) is 4.90 Å². The molecule has 1 unspecified atom stereocenters. The summed E-state index contributed by atoms with van der Waals surface area (Å²) < 4.78 is 4.82. The molecule has 1 atom stereocenters. The Hall–Kier alpha value is -2.17. The van der Waals surface area contributed by atoms with Crippen LogP contribution in [0.3, 0.4) is 0 Å². The first-order valence-corrected chi connectivity index (χ1v) is 6.67. The number of amides is 1. The van der Waals surface area contributed by atoms with Gasteiger partial charge in [-0.2, -0.15) is 0 Å². The molecule has 20 heavy (non-hydrogen) atoms. The second kappa shape index (κ2) is 6.32. The van der Waals surface area contributed by atoms with E-state index in [1.807, 2.05) is 30.3 Å². The molecule has 1 fully saturated rings. The van der Waals surface area contributed by atoms with Gasteiger partial charge in [-0.15, -0.1) is 0 Å². The minimum Gasteiger partial charge on any atom is -0.465 e. The second-order valence-corrected chi connectivity index (χ2v) is 4.66. The van der Waals surface area contributed by atoms with Crippen LogP contribution in [0.5, 0.6) is 0 Å². The number of likely N-dealkylation sites (tertiary alicyclic amines) is 1. The van der Waals surface area contributed by atoms with Gasteiger partial charge in [-0.3, -0.25) is 14.4 Å². The molecule has 1 aliphatic rings. The lowest BCUT2D eigenvalue weighted by Crippen LogP contribution is -2.29. The molecule has 0 saturated carbocycles. The molecule has 1 aliphatic heterocycles. The smallest absolute Gasteiger partial charge is 0.318 e. The lowest BCUT2D eigenvalue weighted by molar-refractivity contribution is -0.151. The van der Waals surface area contributed by atoms with Crippen molar-refractivity contribution >= 4 is 17.7 Å². The average Bonchev–Trinajstić information content (AvgIpc) is 2.74. The van der Waals surface area contributed by atoms with Gasteiger partial charge < -0.3 is 9.64 Å². The first kappa shape index (κ1) is 14.2. The molecule has 106 valence electrons. The minimum absolute atomic E-state index is 0.128. The van der Waals surface area contributed by atoms with Gasteiger partial charge in [0.05, 0.1) is 6.61 Å². The number of ketones is 1. The Kier molecular flexibility index (Phi) is 4.50. The molecule has 1 amide bonds. The topological polar surface area (TPSA) is 63.7 Å². The van der Waals surface area contributed by atoms with Crippen molar-refractivity contribution in [3.63, 3.8) is 0 Å². The predicted molar refractivity (Wildman–Crippen MR) is 71.9 cm³/mol. The van der Waals surface area contributed by atoms with Crippen molar-refractivity contribution < 1.29 is 19.1 Å². The Bertz CT molecular complexity index is 512.